The third kappa shape index (κ3) is 3.21. The molecule has 3 nitrogen and oxygen atoms in total. The molecule has 0 radical (unpaired) electrons. The minimum Gasteiger partial charge on any atom is -0.481 e. The smallest absolute Gasteiger partial charge is 0.306 e. The van der Waals surface area contributed by atoms with Gasteiger partial charge in [0.05, 0.1) is 5.92 Å². The minimum atomic E-state index is -0.597. The second-order valence-electron chi connectivity index (χ2n) is 5.74. The Labute approximate surface area is 104 Å². The average molecular weight is 239 g/mol. The maximum absolute atomic E-state index is 10.9. The van der Waals surface area contributed by atoms with E-state index in [1.54, 1.807) is 0 Å². The predicted octanol–water partition coefficient (Wildman–Crippen LogP) is 2.75. The van der Waals surface area contributed by atoms with Crippen LogP contribution in [0.1, 0.15) is 51.9 Å². The summed E-state index contributed by atoms with van der Waals surface area (Å²) >= 11 is 0. The molecule has 17 heavy (non-hydrogen) atoms. The molecule has 1 N–H and O–H groups in total. The number of rotatable bonds is 3. The van der Waals surface area contributed by atoms with Crippen LogP contribution in [0.25, 0.3) is 0 Å². The van der Waals surface area contributed by atoms with E-state index in [9.17, 15) is 4.79 Å². The highest BCUT2D eigenvalue weighted by Gasteiger charge is 2.30. The Morgan fingerprint density at radius 3 is 2.53 bits per heavy atom. The third-order valence-corrected chi connectivity index (χ3v) is 4.73. The number of hydrogen-bond donors (Lipinski definition) is 1. The van der Waals surface area contributed by atoms with Gasteiger partial charge in [0.15, 0.2) is 0 Å². The molecule has 0 aromatic carbocycles. The Hall–Kier alpha value is -0.570. The van der Waals surface area contributed by atoms with Gasteiger partial charge in [-0.05, 0) is 44.7 Å². The zero-order valence-corrected chi connectivity index (χ0v) is 10.9. The number of aliphatic carboxylic acids is 1. The number of hydrogen-bond acceptors (Lipinski definition) is 2. The second-order valence-corrected chi connectivity index (χ2v) is 5.74. The van der Waals surface area contributed by atoms with Crippen LogP contribution in [0.2, 0.25) is 0 Å². The van der Waals surface area contributed by atoms with Crippen LogP contribution in [0.15, 0.2) is 0 Å². The van der Waals surface area contributed by atoms with Crippen molar-refractivity contribution in [1.29, 1.82) is 0 Å². The van der Waals surface area contributed by atoms with Gasteiger partial charge in [-0.2, -0.15) is 0 Å². The number of nitrogens with zero attached hydrogens (tertiary/aromatic N) is 1. The minimum absolute atomic E-state index is 0.0863. The van der Waals surface area contributed by atoms with Crippen LogP contribution < -0.4 is 0 Å². The lowest BCUT2D eigenvalue weighted by atomic mass is 9.82. The second kappa shape index (κ2) is 5.85. The third-order valence-electron chi connectivity index (χ3n) is 4.73. The molecule has 2 aliphatic rings. The van der Waals surface area contributed by atoms with E-state index in [1.807, 2.05) is 0 Å². The molecular weight excluding hydrogens is 214 g/mol. The fourth-order valence-corrected chi connectivity index (χ4v) is 3.48. The van der Waals surface area contributed by atoms with E-state index >= 15 is 0 Å². The summed E-state index contributed by atoms with van der Waals surface area (Å²) in [6, 6.07) is 0.739. The molecule has 1 heterocycles. The lowest BCUT2D eigenvalue weighted by Crippen LogP contribution is -2.44. The molecule has 0 aromatic rings. The van der Waals surface area contributed by atoms with Crippen LogP contribution in [0, 0.1) is 11.8 Å². The Kier molecular flexibility index (Phi) is 4.43. The number of piperidine rings is 1. The Morgan fingerprint density at radius 2 is 1.94 bits per heavy atom. The van der Waals surface area contributed by atoms with Crippen molar-refractivity contribution in [3.63, 3.8) is 0 Å². The molecule has 2 unspecified atom stereocenters. The molecule has 98 valence electrons. The maximum atomic E-state index is 10.9. The van der Waals surface area contributed by atoms with E-state index in [1.165, 1.54) is 32.1 Å². The molecule has 3 heteroatoms. The van der Waals surface area contributed by atoms with E-state index in [2.05, 4.69) is 11.8 Å². The molecule has 0 amide bonds. The van der Waals surface area contributed by atoms with Crippen molar-refractivity contribution < 1.29 is 9.90 Å². The average Bonchev–Trinajstić information content (AvgIpc) is 2.39. The highest BCUT2D eigenvalue weighted by Crippen LogP contribution is 2.31. The van der Waals surface area contributed by atoms with Gasteiger partial charge in [0.2, 0.25) is 0 Å². The molecule has 0 spiro atoms. The standard InChI is InChI=1S/C14H25NO2/c1-2-11-4-3-5-13(10-11)15-8-6-12(7-9-15)14(16)17/h11-13H,2-10H2,1H3,(H,16,17). The van der Waals surface area contributed by atoms with Crippen molar-refractivity contribution in [2.75, 3.05) is 13.1 Å². The first-order valence-corrected chi connectivity index (χ1v) is 7.17. The molecule has 2 fully saturated rings. The summed E-state index contributed by atoms with van der Waals surface area (Å²) in [6.07, 6.45) is 8.44. The van der Waals surface area contributed by atoms with Crippen molar-refractivity contribution >= 4 is 5.97 Å². The predicted molar refractivity (Wildman–Crippen MR) is 68.0 cm³/mol. The normalized spacial score (nSPS) is 32.5. The van der Waals surface area contributed by atoms with Crippen LogP contribution in [-0.2, 0) is 4.79 Å². The Bertz CT molecular complexity index is 259. The molecule has 0 aromatic heterocycles. The van der Waals surface area contributed by atoms with Crippen LogP contribution in [0.4, 0.5) is 0 Å². The quantitative estimate of drug-likeness (QED) is 0.823. The van der Waals surface area contributed by atoms with Gasteiger partial charge in [0.1, 0.15) is 0 Å². The van der Waals surface area contributed by atoms with Gasteiger partial charge >= 0.3 is 5.97 Å². The molecule has 2 rings (SSSR count). The van der Waals surface area contributed by atoms with Gasteiger partial charge in [0.25, 0.3) is 0 Å². The molecule has 1 saturated carbocycles. The number of carbonyl (C=O) groups is 1. The summed E-state index contributed by atoms with van der Waals surface area (Å²) in [4.78, 5) is 13.5. The topological polar surface area (TPSA) is 40.5 Å². The summed E-state index contributed by atoms with van der Waals surface area (Å²) < 4.78 is 0. The SMILES string of the molecule is CCC1CCCC(N2CCC(C(=O)O)CC2)C1. The summed E-state index contributed by atoms with van der Waals surface area (Å²) in [6.45, 7) is 4.29. The van der Waals surface area contributed by atoms with Crippen LogP contribution in [-0.4, -0.2) is 35.1 Å². The largest absolute Gasteiger partial charge is 0.481 e. The fourth-order valence-electron chi connectivity index (χ4n) is 3.48. The Morgan fingerprint density at radius 1 is 1.24 bits per heavy atom. The Balaban J connectivity index is 1.81. The first kappa shape index (κ1) is 12.9. The number of likely N-dealkylation sites (tertiary alicyclic amines) is 1. The molecule has 1 aliphatic heterocycles. The van der Waals surface area contributed by atoms with E-state index in [-0.39, 0.29) is 5.92 Å². The zero-order chi connectivity index (χ0) is 12.3. The van der Waals surface area contributed by atoms with Crippen molar-refractivity contribution in [2.45, 2.75) is 57.9 Å². The summed E-state index contributed by atoms with van der Waals surface area (Å²) in [7, 11) is 0. The van der Waals surface area contributed by atoms with Gasteiger partial charge < -0.3 is 10.0 Å². The lowest BCUT2D eigenvalue weighted by molar-refractivity contribution is -0.143. The van der Waals surface area contributed by atoms with Crippen molar-refractivity contribution in [3.05, 3.63) is 0 Å². The van der Waals surface area contributed by atoms with Crippen LogP contribution >= 0.6 is 0 Å². The summed E-state index contributed by atoms with van der Waals surface area (Å²) in [5.74, 6) is 0.225. The van der Waals surface area contributed by atoms with Crippen molar-refractivity contribution in [3.8, 4) is 0 Å². The van der Waals surface area contributed by atoms with Crippen LogP contribution in [0.3, 0.4) is 0 Å². The molecular formula is C14H25NO2. The van der Waals surface area contributed by atoms with Gasteiger partial charge in [0, 0.05) is 6.04 Å². The van der Waals surface area contributed by atoms with E-state index < -0.39 is 5.97 Å². The van der Waals surface area contributed by atoms with Crippen molar-refractivity contribution in [2.24, 2.45) is 11.8 Å². The van der Waals surface area contributed by atoms with E-state index in [0.29, 0.717) is 0 Å². The maximum Gasteiger partial charge on any atom is 0.306 e. The van der Waals surface area contributed by atoms with E-state index in [4.69, 9.17) is 5.11 Å². The first-order valence-electron chi connectivity index (χ1n) is 7.17. The highest BCUT2D eigenvalue weighted by atomic mass is 16.4. The van der Waals surface area contributed by atoms with Crippen LogP contribution in [0.5, 0.6) is 0 Å². The molecule has 1 saturated heterocycles. The molecule has 1 aliphatic carbocycles. The molecule has 2 atom stereocenters. The van der Waals surface area contributed by atoms with Gasteiger partial charge in [-0.15, -0.1) is 0 Å². The van der Waals surface area contributed by atoms with E-state index in [0.717, 1.165) is 37.9 Å². The number of carboxylic acid groups (broad SMARTS) is 1. The lowest BCUT2D eigenvalue weighted by Gasteiger charge is -2.40. The van der Waals surface area contributed by atoms with Gasteiger partial charge in [-0.3, -0.25) is 4.79 Å². The van der Waals surface area contributed by atoms with Gasteiger partial charge in [-0.1, -0.05) is 26.2 Å². The fraction of sp³-hybridized carbons (Fsp3) is 0.929. The summed E-state index contributed by atoms with van der Waals surface area (Å²) in [5.41, 5.74) is 0. The van der Waals surface area contributed by atoms with Gasteiger partial charge in [-0.25, -0.2) is 0 Å². The van der Waals surface area contributed by atoms with Crippen molar-refractivity contribution in [1.82, 2.24) is 4.90 Å². The first-order chi connectivity index (χ1) is 8.20. The monoisotopic (exact) mass is 239 g/mol. The molecule has 0 bridgehead atoms. The number of carboxylic acids is 1. The zero-order valence-electron chi connectivity index (χ0n) is 10.9. The highest BCUT2D eigenvalue weighted by molar-refractivity contribution is 5.70. The summed E-state index contributed by atoms with van der Waals surface area (Å²) in [5, 5.41) is 9.00.